The number of rotatable bonds is 9. The molecule has 5 rings (SSSR count). The summed E-state index contributed by atoms with van der Waals surface area (Å²) < 4.78 is 16.9. The van der Waals surface area contributed by atoms with Crippen molar-refractivity contribution in [3.05, 3.63) is 114 Å². The minimum atomic E-state index is -0.743. The van der Waals surface area contributed by atoms with Crippen molar-refractivity contribution in [1.82, 2.24) is 0 Å². The molecule has 43 heavy (non-hydrogen) atoms. The van der Waals surface area contributed by atoms with Gasteiger partial charge in [0.15, 0.2) is 0 Å². The summed E-state index contributed by atoms with van der Waals surface area (Å²) in [5.41, 5.74) is 2.19. The molecule has 0 unspecified atom stereocenters. The van der Waals surface area contributed by atoms with Gasteiger partial charge in [0.1, 0.15) is 17.2 Å². The Morgan fingerprint density at radius 1 is 0.512 bits per heavy atom. The molecule has 6 heteroatoms. The molecular formula is C37H34O6. The van der Waals surface area contributed by atoms with Crippen LogP contribution >= 0.6 is 0 Å². The first kappa shape index (κ1) is 29.5. The molecule has 6 nitrogen and oxygen atoms in total. The molecule has 0 saturated carbocycles. The van der Waals surface area contributed by atoms with E-state index in [1.807, 2.05) is 84.9 Å². The van der Waals surface area contributed by atoms with E-state index in [0.717, 1.165) is 38.2 Å². The predicted molar refractivity (Wildman–Crippen MR) is 168 cm³/mol. The monoisotopic (exact) mass is 574 g/mol. The fourth-order valence-electron chi connectivity index (χ4n) is 5.50. The predicted octanol–water partition coefficient (Wildman–Crippen LogP) is 8.29. The van der Waals surface area contributed by atoms with Crippen LogP contribution in [-0.2, 0) is 19.8 Å². The second-order valence-electron chi connectivity index (χ2n) is 10.4. The highest BCUT2D eigenvalue weighted by Crippen LogP contribution is 2.47. The highest BCUT2D eigenvalue weighted by atomic mass is 16.5. The van der Waals surface area contributed by atoms with Crippen LogP contribution in [0.5, 0.6) is 17.2 Å². The van der Waals surface area contributed by atoms with Gasteiger partial charge >= 0.3 is 17.9 Å². The molecule has 0 aliphatic rings. The third-order valence-corrected chi connectivity index (χ3v) is 7.82. The van der Waals surface area contributed by atoms with Gasteiger partial charge in [-0.25, -0.2) is 0 Å². The van der Waals surface area contributed by atoms with Crippen molar-refractivity contribution in [2.24, 2.45) is 0 Å². The average Bonchev–Trinajstić information content (AvgIpc) is 3.04. The zero-order valence-corrected chi connectivity index (χ0v) is 24.8. The van der Waals surface area contributed by atoms with E-state index in [2.05, 4.69) is 6.92 Å². The molecule has 0 spiro atoms. The first-order valence-corrected chi connectivity index (χ1v) is 14.6. The van der Waals surface area contributed by atoms with Crippen molar-refractivity contribution in [3.63, 3.8) is 0 Å². The van der Waals surface area contributed by atoms with E-state index in [1.54, 1.807) is 32.9 Å². The molecule has 0 atom stereocenters. The molecule has 0 fully saturated rings. The summed E-state index contributed by atoms with van der Waals surface area (Å²) in [6, 6.07) is 31.0. The fraction of sp³-hybridized carbons (Fsp3) is 0.216. The third kappa shape index (κ3) is 5.73. The summed E-state index contributed by atoms with van der Waals surface area (Å²) in [4.78, 5) is 36.5. The molecule has 0 heterocycles. The SMILES string of the molecule is CCC(=O)Oc1ccc(C(C)(c2ccc(OC(=O)CC)c3ccccc23)c2ccc(OC(=O)CC)c3ccccc23)cc1. The minimum absolute atomic E-state index is 0.268. The van der Waals surface area contributed by atoms with Crippen LogP contribution in [-0.4, -0.2) is 17.9 Å². The Labute approximate surface area is 251 Å². The molecule has 0 aliphatic carbocycles. The number of carbonyl (C=O) groups is 3. The van der Waals surface area contributed by atoms with Crippen molar-refractivity contribution in [2.75, 3.05) is 0 Å². The largest absolute Gasteiger partial charge is 0.427 e. The average molecular weight is 575 g/mol. The summed E-state index contributed by atoms with van der Waals surface area (Å²) in [6.07, 6.45) is 0.814. The lowest BCUT2D eigenvalue weighted by atomic mass is 9.68. The van der Waals surface area contributed by atoms with Gasteiger partial charge in [-0.2, -0.15) is 0 Å². The van der Waals surface area contributed by atoms with Crippen LogP contribution in [0.1, 0.15) is 63.6 Å². The highest BCUT2D eigenvalue weighted by molar-refractivity contribution is 5.98. The van der Waals surface area contributed by atoms with Gasteiger partial charge in [-0.1, -0.05) is 93.6 Å². The zero-order valence-electron chi connectivity index (χ0n) is 24.8. The van der Waals surface area contributed by atoms with Gasteiger partial charge in [-0.3, -0.25) is 14.4 Å². The zero-order chi connectivity index (χ0) is 30.6. The van der Waals surface area contributed by atoms with Crippen LogP contribution in [0.25, 0.3) is 21.5 Å². The molecular weight excluding hydrogens is 540 g/mol. The van der Waals surface area contributed by atoms with Gasteiger partial charge in [0.25, 0.3) is 0 Å². The van der Waals surface area contributed by atoms with Gasteiger partial charge in [0.2, 0.25) is 0 Å². The van der Waals surface area contributed by atoms with Crippen molar-refractivity contribution in [1.29, 1.82) is 0 Å². The van der Waals surface area contributed by atoms with Gasteiger partial charge in [-0.15, -0.1) is 0 Å². The Hall–Kier alpha value is -4.97. The lowest BCUT2D eigenvalue weighted by Gasteiger charge is -2.34. The van der Waals surface area contributed by atoms with Gasteiger partial charge < -0.3 is 14.2 Å². The van der Waals surface area contributed by atoms with E-state index in [-0.39, 0.29) is 37.2 Å². The second-order valence-corrected chi connectivity index (χ2v) is 10.4. The number of carbonyl (C=O) groups excluding carboxylic acids is 3. The van der Waals surface area contributed by atoms with Crippen LogP contribution < -0.4 is 14.2 Å². The maximum atomic E-state index is 12.3. The highest BCUT2D eigenvalue weighted by Gasteiger charge is 2.35. The van der Waals surface area contributed by atoms with Crippen molar-refractivity contribution >= 4 is 39.5 Å². The maximum Gasteiger partial charge on any atom is 0.310 e. The van der Waals surface area contributed by atoms with E-state index >= 15 is 0 Å². The molecule has 0 radical (unpaired) electrons. The molecule has 5 aromatic rings. The van der Waals surface area contributed by atoms with Crippen LogP contribution in [0.4, 0.5) is 0 Å². The molecule has 0 N–H and O–H groups in total. The Balaban J connectivity index is 1.79. The molecule has 218 valence electrons. The first-order valence-electron chi connectivity index (χ1n) is 14.6. The first-order chi connectivity index (χ1) is 20.8. The molecule has 0 amide bonds. The number of esters is 3. The summed E-state index contributed by atoms with van der Waals surface area (Å²) in [5, 5.41) is 3.50. The molecule has 0 bridgehead atoms. The lowest BCUT2D eigenvalue weighted by Crippen LogP contribution is -2.26. The third-order valence-electron chi connectivity index (χ3n) is 7.82. The Kier molecular flexibility index (Phi) is 8.58. The number of fused-ring (bicyclic) bond motifs is 2. The number of benzene rings is 5. The van der Waals surface area contributed by atoms with Crippen molar-refractivity contribution < 1.29 is 28.6 Å². The van der Waals surface area contributed by atoms with Crippen LogP contribution in [0.2, 0.25) is 0 Å². The lowest BCUT2D eigenvalue weighted by molar-refractivity contribution is -0.134. The van der Waals surface area contributed by atoms with E-state index in [9.17, 15) is 14.4 Å². The number of ether oxygens (including phenoxy) is 3. The van der Waals surface area contributed by atoms with Gasteiger partial charge in [-0.05, 0) is 58.7 Å². The molecule has 0 saturated heterocycles. The van der Waals surface area contributed by atoms with Crippen LogP contribution in [0, 0.1) is 0 Å². The quantitative estimate of drug-likeness (QED) is 0.100. The van der Waals surface area contributed by atoms with E-state index in [0.29, 0.717) is 17.2 Å². The van der Waals surface area contributed by atoms with Crippen molar-refractivity contribution in [2.45, 2.75) is 52.4 Å². The molecule has 5 aromatic carbocycles. The smallest absolute Gasteiger partial charge is 0.310 e. The Morgan fingerprint density at radius 2 is 0.907 bits per heavy atom. The number of hydrogen-bond acceptors (Lipinski definition) is 6. The molecule has 0 aromatic heterocycles. The second kappa shape index (κ2) is 12.5. The fourth-order valence-corrected chi connectivity index (χ4v) is 5.50. The Bertz CT molecular complexity index is 1720. The van der Waals surface area contributed by atoms with Gasteiger partial charge in [0, 0.05) is 35.4 Å². The summed E-state index contributed by atoms with van der Waals surface area (Å²) in [7, 11) is 0. The topological polar surface area (TPSA) is 78.9 Å². The van der Waals surface area contributed by atoms with E-state index < -0.39 is 5.41 Å². The Morgan fingerprint density at radius 3 is 1.33 bits per heavy atom. The summed E-state index contributed by atoms with van der Waals surface area (Å²) in [6.45, 7) is 7.44. The van der Waals surface area contributed by atoms with E-state index in [4.69, 9.17) is 14.2 Å². The van der Waals surface area contributed by atoms with Crippen molar-refractivity contribution in [3.8, 4) is 17.2 Å². The van der Waals surface area contributed by atoms with Gasteiger partial charge in [0.05, 0.1) is 0 Å². The maximum absolute atomic E-state index is 12.3. The molecule has 0 aliphatic heterocycles. The minimum Gasteiger partial charge on any atom is -0.427 e. The normalized spacial score (nSPS) is 11.3. The standard InChI is InChI=1S/C37H34O6/c1-5-34(38)41-25-18-16-24(17-19-25)37(4,30-20-22-32(42-35(39)6-2)28-14-10-8-12-26(28)30)31-21-23-33(43-36(40)7-3)29-15-11-9-13-27(29)31/h8-23H,5-7H2,1-4H3. The van der Waals surface area contributed by atoms with Crippen LogP contribution in [0.3, 0.4) is 0 Å². The number of hydrogen-bond donors (Lipinski definition) is 0. The summed E-state index contributed by atoms with van der Waals surface area (Å²) in [5.74, 6) is 0.560. The van der Waals surface area contributed by atoms with E-state index in [1.165, 1.54) is 0 Å². The van der Waals surface area contributed by atoms with Crippen LogP contribution in [0.15, 0.2) is 97.1 Å². The summed E-state index contributed by atoms with van der Waals surface area (Å²) >= 11 is 0.